The first-order valence-corrected chi connectivity index (χ1v) is 8.12. The van der Waals surface area contributed by atoms with Crippen LogP contribution in [0.2, 0.25) is 5.02 Å². The fourth-order valence-electron chi connectivity index (χ4n) is 2.35. The molecule has 2 aromatic carbocycles. The maximum atomic E-state index is 6.11. The maximum Gasteiger partial charge on any atom is 0.170 e. The van der Waals surface area contributed by atoms with Gasteiger partial charge in [0.2, 0.25) is 0 Å². The summed E-state index contributed by atoms with van der Waals surface area (Å²) in [6.07, 6.45) is 0.947. The summed E-state index contributed by atoms with van der Waals surface area (Å²) in [6, 6.07) is 12.3. The molecular formula is C18H21ClN2S. The van der Waals surface area contributed by atoms with Crippen molar-refractivity contribution in [2.75, 3.05) is 11.9 Å². The van der Waals surface area contributed by atoms with Gasteiger partial charge in [-0.1, -0.05) is 41.4 Å². The summed E-state index contributed by atoms with van der Waals surface area (Å²) < 4.78 is 0. The van der Waals surface area contributed by atoms with Gasteiger partial charge in [-0.25, -0.2) is 0 Å². The number of hydrogen-bond donors (Lipinski definition) is 2. The van der Waals surface area contributed by atoms with E-state index >= 15 is 0 Å². The van der Waals surface area contributed by atoms with Crippen molar-refractivity contribution in [1.29, 1.82) is 0 Å². The maximum absolute atomic E-state index is 6.11. The second-order valence-corrected chi connectivity index (χ2v) is 6.29. The number of rotatable bonds is 4. The minimum atomic E-state index is 0.620. The van der Waals surface area contributed by atoms with Crippen molar-refractivity contribution in [3.8, 4) is 0 Å². The molecule has 0 aliphatic heterocycles. The molecule has 0 heterocycles. The molecule has 2 aromatic rings. The zero-order valence-corrected chi connectivity index (χ0v) is 14.7. The predicted octanol–water partition coefficient (Wildman–Crippen LogP) is 4.79. The van der Waals surface area contributed by atoms with Crippen LogP contribution in [0.4, 0.5) is 5.69 Å². The highest BCUT2D eigenvalue weighted by Crippen LogP contribution is 2.22. The molecular weight excluding hydrogens is 312 g/mol. The summed E-state index contributed by atoms with van der Waals surface area (Å²) in [5, 5.41) is 7.80. The van der Waals surface area contributed by atoms with E-state index in [1.165, 1.54) is 16.7 Å². The van der Waals surface area contributed by atoms with Crippen LogP contribution in [0, 0.1) is 20.8 Å². The van der Waals surface area contributed by atoms with Gasteiger partial charge >= 0.3 is 0 Å². The number of benzene rings is 2. The fourth-order valence-corrected chi connectivity index (χ4v) is 2.73. The zero-order chi connectivity index (χ0) is 16.1. The van der Waals surface area contributed by atoms with Crippen molar-refractivity contribution in [2.24, 2.45) is 0 Å². The van der Waals surface area contributed by atoms with Gasteiger partial charge in [0.1, 0.15) is 0 Å². The molecule has 4 heteroatoms. The molecule has 2 rings (SSSR count). The normalized spacial score (nSPS) is 10.4. The Labute approximate surface area is 142 Å². The third-order valence-corrected chi connectivity index (χ3v) is 4.35. The standard InChI is InChI=1S/C18H21ClN2S/c1-12-7-8-15(13(2)11-12)9-10-20-18(22)21-17-6-4-5-16(19)14(17)3/h4-8,11H,9-10H2,1-3H3,(H2,20,21,22). The summed E-state index contributed by atoms with van der Waals surface area (Å²) >= 11 is 11.5. The molecule has 0 fully saturated rings. The Bertz CT molecular complexity index is 683. The van der Waals surface area contributed by atoms with Crippen molar-refractivity contribution in [2.45, 2.75) is 27.2 Å². The van der Waals surface area contributed by atoms with Gasteiger partial charge in [0, 0.05) is 17.3 Å². The molecule has 116 valence electrons. The zero-order valence-electron chi connectivity index (χ0n) is 13.2. The van der Waals surface area contributed by atoms with Crippen LogP contribution < -0.4 is 10.6 Å². The van der Waals surface area contributed by atoms with Crippen molar-refractivity contribution in [3.05, 3.63) is 63.7 Å². The van der Waals surface area contributed by atoms with Crippen molar-refractivity contribution >= 4 is 34.6 Å². The van der Waals surface area contributed by atoms with Gasteiger partial charge in [-0.05, 0) is 68.2 Å². The third-order valence-electron chi connectivity index (χ3n) is 3.69. The lowest BCUT2D eigenvalue weighted by molar-refractivity contribution is 0.867. The molecule has 2 nitrogen and oxygen atoms in total. The Morgan fingerprint density at radius 3 is 2.64 bits per heavy atom. The van der Waals surface area contributed by atoms with Crippen LogP contribution in [0.1, 0.15) is 22.3 Å². The van der Waals surface area contributed by atoms with Crippen LogP contribution in [0.25, 0.3) is 0 Å². The Morgan fingerprint density at radius 2 is 1.91 bits per heavy atom. The van der Waals surface area contributed by atoms with E-state index in [-0.39, 0.29) is 0 Å². The molecule has 0 bridgehead atoms. The molecule has 22 heavy (non-hydrogen) atoms. The van der Waals surface area contributed by atoms with Crippen LogP contribution in [-0.4, -0.2) is 11.7 Å². The van der Waals surface area contributed by atoms with Gasteiger partial charge < -0.3 is 10.6 Å². The molecule has 0 unspecified atom stereocenters. The number of anilines is 1. The molecule has 0 aromatic heterocycles. The largest absolute Gasteiger partial charge is 0.362 e. The lowest BCUT2D eigenvalue weighted by Gasteiger charge is -2.14. The van der Waals surface area contributed by atoms with Crippen molar-refractivity contribution in [1.82, 2.24) is 5.32 Å². The van der Waals surface area contributed by atoms with Gasteiger partial charge in [-0.2, -0.15) is 0 Å². The molecule has 2 N–H and O–H groups in total. The molecule has 0 aliphatic rings. The van der Waals surface area contributed by atoms with Crippen molar-refractivity contribution in [3.63, 3.8) is 0 Å². The van der Waals surface area contributed by atoms with Gasteiger partial charge in [0.25, 0.3) is 0 Å². The lowest BCUT2D eigenvalue weighted by Crippen LogP contribution is -2.30. The Hall–Kier alpha value is -1.58. The van der Waals surface area contributed by atoms with E-state index in [4.69, 9.17) is 23.8 Å². The molecule has 0 saturated carbocycles. The van der Waals surface area contributed by atoms with Gasteiger partial charge in [-0.15, -0.1) is 0 Å². The number of thiocarbonyl (C=S) groups is 1. The minimum Gasteiger partial charge on any atom is -0.362 e. The van der Waals surface area contributed by atoms with Crippen LogP contribution in [0.3, 0.4) is 0 Å². The summed E-state index contributed by atoms with van der Waals surface area (Å²) in [7, 11) is 0. The number of hydrogen-bond acceptors (Lipinski definition) is 1. The third kappa shape index (κ3) is 4.46. The van der Waals surface area contributed by atoms with E-state index in [0.717, 1.165) is 29.2 Å². The number of aryl methyl sites for hydroxylation is 2. The highest BCUT2D eigenvalue weighted by Gasteiger charge is 2.04. The predicted molar refractivity (Wildman–Crippen MR) is 100 cm³/mol. The number of nitrogens with one attached hydrogen (secondary N) is 2. The SMILES string of the molecule is Cc1ccc(CCNC(=S)Nc2cccc(Cl)c2C)c(C)c1. The topological polar surface area (TPSA) is 24.1 Å². The van der Waals surface area contributed by atoms with E-state index in [9.17, 15) is 0 Å². The summed E-state index contributed by atoms with van der Waals surface area (Å²) in [5.41, 5.74) is 5.91. The summed E-state index contributed by atoms with van der Waals surface area (Å²) in [5.74, 6) is 0. The first kappa shape index (κ1) is 16.8. The highest BCUT2D eigenvalue weighted by molar-refractivity contribution is 7.80. The molecule has 0 aliphatic carbocycles. The summed E-state index contributed by atoms with van der Waals surface area (Å²) in [6.45, 7) is 7.04. The van der Waals surface area contributed by atoms with Gasteiger partial charge in [-0.3, -0.25) is 0 Å². The molecule has 0 saturated heterocycles. The molecule has 0 radical (unpaired) electrons. The van der Waals surface area contributed by atoms with E-state index < -0.39 is 0 Å². The van der Waals surface area contributed by atoms with E-state index in [1.807, 2.05) is 25.1 Å². The van der Waals surface area contributed by atoms with E-state index in [2.05, 4.69) is 42.7 Å². The molecule has 0 amide bonds. The monoisotopic (exact) mass is 332 g/mol. The average Bonchev–Trinajstić information content (AvgIpc) is 2.46. The summed E-state index contributed by atoms with van der Waals surface area (Å²) in [4.78, 5) is 0. The van der Waals surface area contributed by atoms with Gasteiger partial charge in [0.15, 0.2) is 5.11 Å². The van der Waals surface area contributed by atoms with Gasteiger partial charge in [0.05, 0.1) is 0 Å². The van der Waals surface area contributed by atoms with E-state index in [1.54, 1.807) is 0 Å². The smallest absolute Gasteiger partial charge is 0.170 e. The second-order valence-electron chi connectivity index (χ2n) is 5.47. The van der Waals surface area contributed by atoms with E-state index in [0.29, 0.717) is 5.11 Å². The van der Waals surface area contributed by atoms with Crippen molar-refractivity contribution < 1.29 is 0 Å². The van der Waals surface area contributed by atoms with Crippen LogP contribution >= 0.6 is 23.8 Å². The first-order chi connectivity index (χ1) is 10.5. The Kier molecular flexibility index (Phi) is 5.81. The quantitative estimate of drug-likeness (QED) is 0.787. The first-order valence-electron chi connectivity index (χ1n) is 7.33. The molecule has 0 atom stereocenters. The highest BCUT2D eigenvalue weighted by atomic mass is 35.5. The van der Waals surface area contributed by atoms with Crippen LogP contribution in [-0.2, 0) is 6.42 Å². The lowest BCUT2D eigenvalue weighted by atomic mass is 10.0. The minimum absolute atomic E-state index is 0.620. The Balaban J connectivity index is 1.87. The second kappa shape index (κ2) is 7.61. The fraction of sp³-hybridized carbons (Fsp3) is 0.278. The Morgan fingerprint density at radius 1 is 1.14 bits per heavy atom. The number of halogens is 1. The van der Waals surface area contributed by atoms with Crippen LogP contribution in [0.5, 0.6) is 0 Å². The average molecular weight is 333 g/mol. The molecule has 0 spiro atoms. The van der Waals surface area contributed by atoms with Crippen LogP contribution in [0.15, 0.2) is 36.4 Å².